The molecule has 0 unspecified atom stereocenters. The molecule has 0 aromatic rings. The molecule has 0 aromatic heterocycles. The zero-order valence-electron chi connectivity index (χ0n) is 12.1. The van der Waals surface area contributed by atoms with E-state index in [1.807, 2.05) is 0 Å². The van der Waals surface area contributed by atoms with E-state index in [4.69, 9.17) is 14.6 Å². The average molecular weight is 286 g/mol. The van der Waals surface area contributed by atoms with Gasteiger partial charge in [0.2, 0.25) is 0 Å². The third-order valence-electron chi connectivity index (χ3n) is 2.77. The van der Waals surface area contributed by atoms with E-state index in [9.17, 15) is 9.59 Å². The Morgan fingerprint density at radius 3 is 2.00 bits per heavy atom. The number of carbonyl (C=O) groups is 2. The van der Waals surface area contributed by atoms with E-state index in [1.54, 1.807) is 0 Å². The molecule has 0 aliphatic carbocycles. The summed E-state index contributed by atoms with van der Waals surface area (Å²) in [6, 6.07) is 0. The van der Waals surface area contributed by atoms with E-state index in [2.05, 4.69) is 6.58 Å². The third kappa shape index (κ3) is 14.7. The molecular weight excluding hydrogens is 260 g/mol. The third-order valence-corrected chi connectivity index (χ3v) is 2.77. The second-order valence-corrected chi connectivity index (χ2v) is 4.60. The van der Waals surface area contributed by atoms with Gasteiger partial charge >= 0.3 is 11.9 Å². The van der Waals surface area contributed by atoms with Crippen LogP contribution in [0.5, 0.6) is 0 Å². The van der Waals surface area contributed by atoms with Crippen molar-refractivity contribution in [3.8, 4) is 0 Å². The highest BCUT2D eigenvalue weighted by molar-refractivity contribution is 5.81. The standard InChI is InChI=1S/C15H26O5/c1-2-15(18)20-13-9-4-3-7-11-19-12-8-5-6-10-14(16)17/h2H,1,3-13H2,(H,16,17). The fourth-order valence-electron chi connectivity index (χ4n) is 1.65. The van der Waals surface area contributed by atoms with E-state index in [0.717, 1.165) is 51.6 Å². The summed E-state index contributed by atoms with van der Waals surface area (Å²) < 4.78 is 10.3. The Morgan fingerprint density at radius 2 is 1.45 bits per heavy atom. The largest absolute Gasteiger partial charge is 0.481 e. The molecule has 0 heterocycles. The van der Waals surface area contributed by atoms with E-state index < -0.39 is 5.97 Å². The minimum absolute atomic E-state index is 0.246. The fourth-order valence-corrected chi connectivity index (χ4v) is 1.65. The van der Waals surface area contributed by atoms with Crippen LogP contribution in [0.3, 0.4) is 0 Å². The molecule has 0 atom stereocenters. The van der Waals surface area contributed by atoms with Crippen LogP contribution in [0.4, 0.5) is 0 Å². The molecule has 0 aliphatic heterocycles. The van der Waals surface area contributed by atoms with Gasteiger partial charge in [-0.05, 0) is 32.1 Å². The van der Waals surface area contributed by atoms with E-state index in [1.165, 1.54) is 6.08 Å². The van der Waals surface area contributed by atoms with Crippen LogP contribution in [-0.4, -0.2) is 36.9 Å². The maximum absolute atomic E-state index is 10.7. The van der Waals surface area contributed by atoms with Crippen LogP contribution in [0.25, 0.3) is 0 Å². The topological polar surface area (TPSA) is 72.8 Å². The summed E-state index contributed by atoms with van der Waals surface area (Å²) >= 11 is 0. The minimum Gasteiger partial charge on any atom is -0.481 e. The van der Waals surface area contributed by atoms with Gasteiger partial charge in [-0.1, -0.05) is 19.4 Å². The maximum atomic E-state index is 10.7. The van der Waals surface area contributed by atoms with Crippen molar-refractivity contribution in [3.05, 3.63) is 12.7 Å². The minimum atomic E-state index is -0.732. The smallest absolute Gasteiger partial charge is 0.330 e. The monoisotopic (exact) mass is 286 g/mol. The van der Waals surface area contributed by atoms with Gasteiger partial charge in [-0.2, -0.15) is 0 Å². The van der Waals surface area contributed by atoms with Gasteiger partial charge in [-0.15, -0.1) is 0 Å². The molecule has 0 saturated carbocycles. The van der Waals surface area contributed by atoms with Gasteiger partial charge < -0.3 is 14.6 Å². The lowest BCUT2D eigenvalue weighted by molar-refractivity contribution is -0.138. The Morgan fingerprint density at radius 1 is 0.900 bits per heavy atom. The zero-order valence-corrected chi connectivity index (χ0v) is 12.1. The molecule has 0 aliphatic rings. The number of carbonyl (C=O) groups excluding carboxylic acids is 1. The highest BCUT2D eigenvalue weighted by Gasteiger charge is 1.97. The van der Waals surface area contributed by atoms with Gasteiger partial charge in [-0.25, -0.2) is 4.79 Å². The number of carboxylic acids is 1. The van der Waals surface area contributed by atoms with Crippen molar-refractivity contribution in [2.45, 2.75) is 51.4 Å². The molecule has 0 amide bonds. The quantitative estimate of drug-likeness (QED) is 0.302. The first kappa shape index (κ1) is 18.6. The van der Waals surface area contributed by atoms with Crippen LogP contribution in [0.1, 0.15) is 51.4 Å². The predicted molar refractivity (Wildman–Crippen MR) is 76.5 cm³/mol. The SMILES string of the molecule is C=CC(=O)OCCCCCCOCCCCCC(=O)O. The molecule has 0 spiro atoms. The van der Waals surface area contributed by atoms with Gasteiger partial charge in [-0.3, -0.25) is 4.79 Å². The van der Waals surface area contributed by atoms with Crippen molar-refractivity contribution in [2.75, 3.05) is 19.8 Å². The van der Waals surface area contributed by atoms with Crippen LogP contribution >= 0.6 is 0 Å². The van der Waals surface area contributed by atoms with Crippen molar-refractivity contribution in [3.63, 3.8) is 0 Å². The zero-order chi connectivity index (χ0) is 15.1. The summed E-state index contributed by atoms with van der Waals surface area (Å²) in [7, 11) is 0. The molecule has 5 nitrogen and oxygen atoms in total. The van der Waals surface area contributed by atoms with Crippen molar-refractivity contribution in [1.82, 2.24) is 0 Å². The summed E-state index contributed by atoms with van der Waals surface area (Å²) in [6.07, 6.45) is 7.92. The molecule has 1 N–H and O–H groups in total. The number of carboxylic acid groups (broad SMARTS) is 1. The van der Waals surface area contributed by atoms with Crippen molar-refractivity contribution in [1.29, 1.82) is 0 Å². The predicted octanol–water partition coefficient (Wildman–Crippen LogP) is 2.94. The number of rotatable bonds is 14. The molecule has 20 heavy (non-hydrogen) atoms. The van der Waals surface area contributed by atoms with Crippen LogP contribution in [0.2, 0.25) is 0 Å². The van der Waals surface area contributed by atoms with Gasteiger partial charge in [0, 0.05) is 25.7 Å². The summed E-state index contributed by atoms with van der Waals surface area (Å²) in [6.45, 7) is 5.22. The molecule has 0 bridgehead atoms. The van der Waals surface area contributed by atoms with Crippen LogP contribution in [-0.2, 0) is 19.1 Å². The molecule has 0 aromatic carbocycles. The first-order valence-electron chi connectivity index (χ1n) is 7.25. The summed E-state index contributed by atoms with van der Waals surface area (Å²) in [4.78, 5) is 21.0. The lowest BCUT2D eigenvalue weighted by Gasteiger charge is -2.04. The number of unbranched alkanes of at least 4 members (excludes halogenated alkanes) is 5. The van der Waals surface area contributed by atoms with Crippen LogP contribution in [0, 0.1) is 0 Å². The maximum Gasteiger partial charge on any atom is 0.330 e. The van der Waals surface area contributed by atoms with Gasteiger partial charge in [0.05, 0.1) is 6.61 Å². The van der Waals surface area contributed by atoms with Crippen molar-refractivity contribution in [2.24, 2.45) is 0 Å². The summed E-state index contributed by atoms with van der Waals surface area (Å²) in [5.41, 5.74) is 0. The molecular formula is C15H26O5. The Kier molecular flexibility index (Phi) is 13.1. The molecule has 0 rings (SSSR count). The highest BCUT2D eigenvalue weighted by Crippen LogP contribution is 2.03. The van der Waals surface area contributed by atoms with Crippen molar-refractivity contribution >= 4 is 11.9 Å². The lowest BCUT2D eigenvalue weighted by atomic mass is 10.2. The summed E-state index contributed by atoms with van der Waals surface area (Å²) in [5.74, 6) is -1.10. The molecule has 0 radical (unpaired) electrons. The Bertz CT molecular complexity index is 275. The molecule has 5 heteroatoms. The molecule has 0 saturated heterocycles. The number of aliphatic carboxylic acids is 1. The Labute approximate surface area is 121 Å². The fraction of sp³-hybridized carbons (Fsp3) is 0.733. The van der Waals surface area contributed by atoms with E-state index >= 15 is 0 Å². The first-order valence-corrected chi connectivity index (χ1v) is 7.25. The summed E-state index contributed by atoms with van der Waals surface area (Å²) in [5, 5.41) is 8.46. The lowest BCUT2D eigenvalue weighted by Crippen LogP contribution is -2.02. The normalized spacial score (nSPS) is 10.2. The number of ether oxygens (including phenoxy) is 2. The second kappa shape index (κ2) is 14.1. The number of hydrogen-bond donors (Lipinski definition) is 1. The Hall–Kier alpha value is -1.36. The molecule has 116 valence electrons. The first-order chi connectivity index (χ1) is 9.66. The van der Waals surface area contributed by atoms with Gasteiger partial charge in [0.1, 0.15) is 0 Å². The van der Waals surface area contributed by atoms with E-state index in [-0.39, 0.29) is 12.4 Å². The number of hydrogen-bond acceptors (Lipinski definition) is 4. The average Bonchev–Trinajstić information content (AvgIpc) is 2.43. The van der Waals surface area contributed by atoms with Crippen LogP contribution in [0.15, 0.2) is 12.7 Å². The van der Waals surface area contributed by atoms with Crippen LogP contribution < -0.4 is 0 Å². The number of esters is 1. The van der Waals surface area contributed by atoms with Gasteiger partial charge in [0.15, 0.2) is 0 Å². The van der Waals surface area contributed by atoms with Gasteiger partial charge in [0.25, 0.3) is 0 Å². The molecule has 0 fully saturated rings. The highest BCUT2D eigenvalue weighted by atomic mass is 16.5. The Balaban J connectivity index is 3.04. The van der Waals surface area contributed by atoms with Crippen molar-refractivity contribution < 1.29 is 24.2 Å². The van der Waals surface area contributed by atoms with E-state index in [0.29, 0.717) is 13.2 Å². The second-order valence-electron chi connectivity index (χ2n) is 4.60.